The molecule has 1 aromatic carbocycles. The molecule has 0 atom stereocenters. The van der Waals surface area contributed by atoms with E-state index >= 15 is 0 Å². The summed E-state index contributed by atoms with van der Waals surface area (Å²) >= 11 is 5.78. The lowest BCUT2D eigenvalue weighted by Gasteiger charge is -2.28. The maximum atomic E-state index is 12.3. The Hall–Kier alpha value is -0.900. The summed E-state index contributed by atoms with van der Waals surface area (Å²) in [5.41, 5.74) is 4.37. The Bertz CT molecular complexity index is 578. The summed E-state index contributed by atoms with van der Waals surface area (Å²) in [4.78, 5) is -0.178. The molecular weight excluding hydrogens is 308 g/mol. The Morgan fingerprint density at radius 3 is 2.20 bits per heavy atom. The third-order valence-corrected chi connectivity index (χ3v) is 4.84. The van der Waals surface area contributed by atoms with Gasteiger partial charge in [-0.2, -0.15) is 4.72 Å². The number of anilines is 1. The van der Waals surface area contributed by atoms with Gasteiger partial charge in [-0.05, 0) is 24.6 Å². The van der Waals surface area contributed by atoms with Gasteiger partial charge in [0.05, 0.1) is 24.7 Å². The van der Waals surface area contributed by atoms with E-state index in [4.69, 9.17) is 32.7 Å². The zero-order valence-electron chi connectivity index (χ0n) is 10.8. The highest BCUT2D eigenvalue weighted by Crippen LogP contribution is 2.26. The number of nitrogen functional groups attached to an aromatic ring is 1. The molecule has 114 valence electrons. The molecule has 0 saturated carbocycles. The van der Waals surface area contributed by atoms with E-state index in [2.05, 4.69) is 4.72 Å². The fraction of sp³-hybridized carbons (Fsp3) is 0.455. The van der Waals surface area contributed by atoms with Gasteiger partial charge < -0.3 is 21.1 Å². The largest absolute Gasteiger partial charge is 0.398 e. The van der Waals surface area contributed by atoms with Crippen LogP contribution in [0.3, 0.4) is 0 Å². The minimum atomic E-state index is -4.12. The van der Waals surface area contributed by atoms with E-state index < -0.39 is 35.4 Å². The molecule has 0 amide bonds. The van der Waals surface area contributed by atoms with Gasteiger partial charge in [0.2, 0.25) is 10.0 Å². The molecule has 0 radical (unpaired) electrons. The SMILES string of the molecule is Cc1c(N)cc(Cl)cc1S(=O)(=O)NC(CO)(CO)CO. The maximum Gasteiger partial charge on any atom is 0.241 e. The lowest BCUT2D eigenvalue weighted by Crippen LogP contribution is -2.56. The van der Waals surface area contributed by atoms with Crippen LogP contribution < -0.4 is 10.5 Å². The van der Waals surface area contributed by atoms with Crippen LogP contribution in [0.2, 0.25) is 5.02 Å². The van der Waals surface area contributed by atoms with Gasteiger partial charge in [0.1, 0.15) is 5.54 Å². The summed E-state index contributed by atoms with van der Waals surface area (Å²) in [7, 11) is -4.12. The molecule has 7 nitrogen and oxygen atoms in total. The number of aliphatic hydroxyl groups is 3. The van der Waals surface area contributed by atoms with Gasteiger partial charge in [-0.25, -0.2) is 8.42 Å². The highest BCUT2D eigenvalue weighted by Gasteiger charge is 2.34. The Balaban J connectivity index is 3.31. The molecule has 0 heterocycles. The van der Waals surface area contributed by atoms with Crippen LogP contribution in [0.4, 0.5) is 5.69 Å². The average Bonchev–Trinajstić information content (AvgIpc) is 2.40. The molecule has 1 rings (SSSR count). The number of hydrogen-bond acceptors (Lipinski definition) is 6. The molecule has 0 fully saturated rings. The van der Waals surface area contributed by atoms with Crippen LogP contribution >= 0.6 is 11.6 Å². The van der Waals surface area contributed by atoms with Crippen LogP contribution in [0.15, 0.2) is 17.0 Å². The first kappa shape index (κ1) is 17.2. The topological polar surface area (TPSA) is 133 Å². The predicted octanol–water partition coefficient (Wildman–Crippen LogP) is -0.775. The molecule has 0 aliphatic heterocycles. The Morgan fingerprint density at radius 2 is 1.75 bits per heavy atom. The zero-order valence-corrected chi connectivity index (χ0v) is 12.4. The first-order valence-corrected chi connectivity index (χ1v) is 7.49. The van der Waals surface area contributed by atoms with Crippen molar-refractivity contribution in [3.8, 4) is 0 Å². The van der Waals surface area contributed by atoms with Crippen molar-refractivity contribution in [1.82, 2.24) is 4.72 Å². The lowest BCUT2D eigenvalue weighted by atomic mass is 10.1. The molecule has 0 aliphatic rings. The van der Waals surface area contributed by atoms with Crippen molar-refractivity contribution in [2.24, 2.45) is 0 Å². The van der Waals surface area contributed by atoms with Crippen molar-refractivity contribution in [3.05, 3.63) is 22.7 Å². The normalized spacial score (nSPS) is 12.7. The van der Waals surface area contributed by atoms with Crippen LogP contribution in [0.25, 0.3) is 0 Å². The molecule has 20 heavy (non-hydrogen) atoms. The molecule has 0 spiro atoms. The fourth-order valence-corrected chi connectivity index (χ4v) is 3.51. The Morgan fingerprint density at radius 1 is 1.25 bits per heavy atom. The molecule has 0 saturated heterocycles. The Labute approximate surface area is 122 Å². The zero-order chi connectivity index (χ0) is 15.6. The molecule has 9 heteroatoms. The second-order valence-corrected chi connectivity index (χ2v) is 6.57. The monoisotopic (exact) mass is 324 g/mol. The first-order chi connectivity index (χ1) is 9.21. The Kier molecular flexibility index (Phi) is 5.36. The summed E-state index contributed by atoms with van der Waals surface area (Å²) in [6.07, 6.45) is 0. The van der Waals surface area contributed by atoms with E-state index in [9.17, 15) is 8.42 Å². The van der Waals surface area contributed by atoms with Crippen LogP contribution in [0, 0.1) is 6.92 Å². The van der Waals surface area contributed by atoms with Crippen molar-refractivity contribution in [1.29, 1.82) is 0 Å². The van der Waals surface area contributed by atoms with Crippen LogP contribution in [-0.4, -0.2) is 49.1 Å². The van der Waals surface area contributed by atoms with E-state index in [1.807, 2.05) is 0 Å². The number of nitrogens with two attached hydrogens (primary N) is 1. The van der Waals surface area contributed by atoms with Gasteiger partial charge >= 0.3 is 0 Å². The van der Waals surface area contributed by atoms with Gasteiger partial charge in [0.25, 0.3) is 0 Å². The van der Waals surface area contributed by atoms with Crippen molar-refractivity contribution in [3.63, 3.8) is 0 Å². The van der Waals surface area contributed by atoms with E-state index in [1.54, 1.807) is 0 Å². The highest BCUT2D eigenvalue weighted by molar-refractivity contribution is 7.89. The summed E-state index contributed by atoms with van der Waals surface area (Å²) in [6, 6.07) is 2.61. The lowest BCUT2D eigenvalue weighted by molar-refractivity contribution is 0.0582. The summed E-state index contributed by atoms with van der Waals surface area (Å²) in [6.45, 7) is -0.810. The highest BCUT2D eigenvalue weighted by atomic mass is 35.5. The van der Waals surface area contributed by atoms with Gasteiger partial charge in [0.15, 0.2) is 0 Å². The van der Waals surface area contributed by atoms with Crippen molar-refractivity contribution in [2.75, 3.05) is 25.6 Å². The summed E-state index contributed by atoms with van der Waals surface area (Å²) < 4.78 is 26.7. The van der Waals surface area contributed by atoms with E-state index in [1.165, 1.54) is 19.1 Å². The standard InChI is InChI=1S/C11H17ClN2O5S/c1-7-9(13)2-8(12)3-10(7)20(18,19)14-11(4-15,5-16)6-17/h2-3,14-17H,4-6,13H2,1H3. The molecule has 0 aliphatic carbocycles. The van der Waals surface area contributed by atoms with Crippen LogP contribution in [0.5, 0.6) is 0 Å². The van der Waals surface area contributed by atoms with E-state index in [0.717, 1.165) is 0 Å². The molecule has 1 aromatic rings. The predicted molar refractivity (Wildman–Crippen MR) is 74.9 cm³/mol. The van der Waals surface area contributed by atoms with Gasteiger partial charge in [0, 0.05) is 10.7 Å². The minimum absolute atomic E-state index is 0.135. The molecule has 0 unspecified atom stereocenters. The smallest absolute Gasteiger partial charge is 0.241 e. The molecule has 6 N–H and O–H groups in total. The second-order valence-electron chi connectivity index (χ2n) is 4.48. The number of aliphatic hydroxyl groups excluding tert-OH is 3. The second kappa shape index (κ2) is 6.25. The number of nitrogens with one attached hydrogen (secondary N) is 1. The van der Waals surface area contributed by atoms with E-state index in [-0.39, 0.29) is 21.2 Å². The molecule has 0 aromatic heterocycles. The average molecular weight is 325 g/mol. The quantitative estimate of drug-likeness (QED) is 0.436. The van der Waals surface area contributed by atoms with Crippen molar-refractivity contribution >= 4 is 27.3 Å². The number of sulfonamides is 1. The number of hydrogen-bond donors (Lipinski definition) is 5. The third-order valence-electron chi connectivity index (χ3n) is 2.91. The van der Waals surface area contributed by atoms with Gasteiger partial charge in [-0.3, -0.25) is 0 Å². The third kappa shape index (κ3) is 3.40. The first-order valence-electron chi connectivity index (χ1n) is 5.63. The van der Waals surface area contributed by atoms with E-state index in [0.29, 0.717) is 0 Å². The number of halogens is 1. The summed E-state index contributed by atoms with van der Waals surface area (Å²) in [5.74, 6) is 0. The molecular formula is C11H17ClN2O5S. The van der Waals surface area contributed by atoms with Crippen molar-refractivity contribution in [2.45, 2.75) is 17.4 Å². The van der Waals surface area contributed by atoms with Gasteiger partial charge in [-0.1, -0.05) is 11.6 Å². The summed E-state index contributed by atoms with van der Waals surface area (Å²) in [5, 5.41) is 27.6. The maximum absolute atomic E-state index is 12.3. The van der Waals surface area contributed by atoms with Gasteiger partial charge in [-0.15, -0.1) is 0 Å². The van der Waals surface area contributed by atoms with Crippen LogP contribution in [-0.2, 0) is 10.0 Å². The number of rotatable bonds is 6. The molecule has 0 bridgehead atoms. The minimum Gasteiger partial charge on any atom is -0.398 e. The van der Waals surface area contributed by atoms with Crippen LogP contribution in [0.1, 0.15) is 5.56 Å². The van der Waals surface area contributed by atoms with Crippen molar-refractivity contribution < 1.29 is 23.7 Å². The number of benzene rings is 1. The fourth-order valence-electron chi connectivity index (χ4n) is 1.54.